The summed E-state index contributed by atoms with van der Waals surface area (Å²) < 4.78 is 18.0. The molecule has 1 amide bonds. The molecule has 0 spiro atoms. The topological polar surface area (TPSA) is 116 Å². The van der Waals surface area contributed by atoms with Crippen molar-refractivity contribution in [3.63, 3.8) is 0 Å². The molecule has 7 nitrogen and oxygen atoms in total. The number of aromatic nitrogens is 3. The fourth-order valence-corrected chi connectivity index (χ4v) is 4.13. The zero-order valence-electron chi connectivity index (χ0n) is 17.7. The third-order valence-electron chi connectivity index (χ3n) is 5.41. The molecule has 0 aliphatic heterocycles. The number of amides is 1. The molecule has 8 heteroatoms. The summed E-state index contributed by atoms with van der Waals surface area (Å²) in [7, 11) is 1.87. The molecular weight excluding hydrogens is 407 g/mol. The second-order valence-corrected chi connectivity index (χ2v) is 7.77. The van der Waals surface area contributed by atoms with Crippen molar-refractivity contribution in [2.75, 3.05) is 6.54 Å². The van der Waals surface area contributed by atoms with E-state index in [9.17, 15) is 9.18 Å². The lowest BCUT2D eigenvalue weighted by Crippen LogP contribution is -2.19. The summed E-state index contributed by atoms with van der Waals surface area (Å²) >= 11 is 0. The van der Waals surface area contributed by atoms with Crippen LogP contribution in [0.5, 0.6) is 0 Å². The SMILES string of the molecule is Cn1cc2cc(-c3c(Cc4ccc(C#N)c(F)c4)cc(CC(N)=O)n3CCN)ccc2n1. The Kier molecular flexibility index (Phi) is 5.75. The summed E-state index contributed by atoms with van der Waals surface area (Å²) in [6, 6.07) is 14.3. The Balaban J connectivity index is 1.88. The predicted octanol–water partition coefficient (Wildman–Crippen LogP) is 2.63. The first kappa shape index (κ1) is 21.3. The van der Waals surface area contributed by atoms with E-state index in [2.05, 4.69) is 5.10 Å². The second kappa shape index (κ2) is 8.65. The van der Waals surface area contributed by atoms with Crippen LogP contribution in [0.1, 0.15) is 22.4 Å². The van der Waals surface area contributed by atoms with Crippen molar-refractivity contribution >= 4 is 16.8 Å². The molecule has 0 fully saturated rings. The highest BCUT2D eigenvalue weighted by Crippen LogP contribution is 2.32. The largest absolute Gasteiger partial charge is 0.369 e. The molecule has 4 N–H and O–H groups in total. The van der Waals surface area contributed by atoms with Gasteiger partial charge < -0.3 is 16.0 Å². The van der Waals surface area contributed by atoms with E-state index in [1.165, 1.54) is 12.1 Å². The Morgan fingerprint density at radius 1 is 1.22 bits per heavy atom. The van der Waals surface area contributed by atoms with Crippen molar-refractivity contribution in [2.24, 2.45) is 18.5 Å². The first-order valence-electron chi connectivity index (χ1n) is 10.2. The molecule has 0 aliphatic carbocycles. The first-order valence-corrected chi connectivity index (χ1v) is 10.2. The minimum Gasteiger partial charge on any atom is -0.369 e. The molecule has 32 heavy (non-hydrogen) atoms. The molecule has 0 radical (unpaired) electrons. The molecule has 4 rings (SSSR count). The Hall–Kier alpha value is -3.96. The molecule has 0 aliphatic rings. The third kappa shape index (κ3) is 4.11. The lowest BCUT2D eigenvalue weighted by molar-refractivity contribution is -0.117. The number of benzene rings is 2. The van der Waals surface area contributed by atoms with Crippen LogP contribution in [0, 0.1) is 17.1 Å². The number of fused-ring (bicyclic) bond motifs is 1. The van der Waals surface area contributed by atoms with E-state index in [0.29, 0.717) is 19.5 Å². The normalized spacial score (nSPS) is 11.1. The highest BCUT2D eigenvalue weighted by atomic mass is 19.1. The minimum atomic E-state index is -0.554. The Labute approximate surface area is 184 Å². The van der Waals surface area contributed by atoms with Crippen molar-refractivity contribution in [1.82, 2.24) is 14.3 Å². The summed E-state index contributed by atoms with van der Waals surface area (Å²) in [4.78, 5) is 11.7. The Morgan fingerprint density at radius 2 is 2.03 bits per heavy atom. The zero-order valence-corrected chi connectivity index (χ0v) is 17.7. The monoisotopic (exact) mass is 430 g/mol. The van der Waals surface area contributed by atoms with Crippen LogP contribution in [-0.4, -0.2) is 26.8 Å². The van der Waals surface area contributed by atoms with E-state index in [4.69, 9.17) is 16.7 Å². The third-order valence-corrected chi connectivity index (χ3v) is 5.41. The smallest absolute Gasteiger partial charge is 0.223 e. The molecule has 162 valence electrons. The number of hydrogen-bond donors (Lipinski definition) is 2. The summed E-state index contributed by atoms with van der Waals surface area (Å²) in [6.45, 7) is 0.887. The zero-order chi connectivity index (χ0) is 22.8. The van der Waals surface area contributed by atoms with E-state index >= 15 is 0 Å². The number of nitrogens with two attached hydrogens (primary N) is 2. The van der Waals surface area contributed by atoms with Gasteiger partial charge in [0.05, 0.1) is 23.2 Å². The van der Waals surface area contributed by atoms with Crippen molar-refractivity contribution in [1.29, 1.82) is 5.26 Å². The molecule has 0 saturated carbocycles. The van der Waals surface area contributed by atoms with Gasteiger partial charge in [-0.2, -0.15) is 10.4 Å². The first-order chi connectivity index (χ1) is 15.4. The van der Waals surface area contributed by atoms with Crippen LogP contribution >= 0.6 is 0 Å². The van der Waals surface area contributed by atoms with Crippen LogP contribution in [-0.2, 0) is 31.2 Å². The van der Waals surface area contributed by atoms with Gasteiger partial charge in [-0.05, 0) is 53.4 Å². The molecule has 2 heterocycles. The van der Waals surface area contributed by atoms with Gasteiger partial charge in [0.25, 0.3) is 0 Å². The maximum atomic E-state index is 14.2. The van der Waals surface area contributed by atoms with Gasteiger partial charge in [-0.3, -0.25) is 9.48 Å². The number of primary amides is 1. The van der Waals surface area contributed by atoms with Crippen molar-refractivity contribution in [2.45, 2.75) is 19.4 Å². The van der Waals surface area contributed by atoms with Gasteiger partial charge in [0, 0.05) is 37.4 Å². The summed E-state index contributed by atoms with van der Waals surface area (Å²) in [5.41, 5.74) is 16.5. The van der Waals surface area contributed by atoms with Gasteiger partial charge >= 0.3 is 0 Å². The molecule has 0 saturated heterocycles. The molecule has 4 aromatic rings. The van der Waals surface area contributed by atoms with Gasteiger partial charge in [-0.1, -0.05) is 12.1 Å². The maximum Gasteiger partial charge on any atom is 0.223 e. The summed E-state index contributed by atoms with van der Waals surface area (Å²) in [6.07, 6.45) is 2.44. The lowest BCUT2D eigenvalue weighted by atomic mass is 9.99. The number of aryl methyl sites for hydroxylation is 1. The quantitative estimate of drug-likeness (QED) is 0.469. The number of carbonyl (C=O) groups is 1. The molecule has 0 atom stereocenters. The number of nitrogens with zero attached hydrogens (tertiary/aromatic N) is 4. The van der Waals surface area contributed by atoms with Crippen molar-refractivity contribution < 1.29 is 9.18 Å². The van der Waals surface area contributed by atoms with Gasteiger partial charge in [-0.15, -0.1) is 0 Å². The van der Waals surface area contributed by atoms with Gasteiger partial charge in [0.1, 0.15) is 11.9 Å². The van der Waals surface area contributed by atoms with Crippen molar-refractivity contribution in [3.8, 4) is 17.3 Å². The van der Waals surface area contributed by atoms with Crippen LogP contribution in [0.25, 0.3) is 22.2 Å². The van der Waals surface area contributed by atoms with Crippen LogP contribution in [0.2, 0.25) is 0 Å². The highest BCUT2D eigenvalue weighted by Gasteiger charge is 2.19. The number of rotatable bonds is 7. The average Bonchev–Trinajstić information content (AvgIpc) is 3.26. The number of hydrogen-bond acceptors (Lipinski definition) is 4. The number of halogens is 1. The fourth-order valence-electron chi connectivity index (χ4n) is 4.13. The van der Waals surface area contributed by atoms with Crippen molar-refractivity contribution in [3.05, 3.63) is 76.9 Å². The standard InChI is InChI=1S/C24H23FN6O/c1-30-14-19-10-16(4-5-22(19)29-30)24-18(8-15-2-3-17(13-27)21(25)9-15)11-20(12-23(28)32)31(24)7-6-26/h2-5,9-11,14H,6-8,12,26H2,1H3,(H2,28,32). The predicted molar refractivity (Wildman–Crippen MR) is 120 cm³/mol. The molecule has 0 bridgehead atoms. The van der Waals surface area contributed by atoms with E-state index in [1.54, 1.807) is 10.7 Å². The minimum absolute atomic E-state index is 0.00567. The molecule has 2 aromatic heterocycles. The second-order valence-electron chi connectivity index (χ2n) is 7.77. The van der Waals surface area contributed by atoms with Crippen LogP contribution < -0.4 is 11.5 Å². The summed E-state index contributed by atoms with van der Waals surface area (Å²) in [5.74, 6) is -0.993. The van der Waals surface area contributed by atoms with Crippen LogP contribution in [0.3, 0.4) is 0 Å². The lowest BCUT2D eigenvalue weighted by Gasteiger charge is -2.14. The summed E-state index contributed by atoms with van der Waals surface area (Å²) in [5, 5.41) is 14.4. The molecule has 0 unspecified atom stereocenters. The van der Waals surface area contributed by atoms with Crippen LogP contribution in [0.15, 0.2) is 48.7 Å². The molecular formula is C24H23FN6O. The van der Waals surface area contributed by atoms with E-state index in [-0.39, 0.29) is 12.0 Å². The van der Waals surface area contributed by atoms with Gasteiger partial charge in [0.2, 0.25) is 5.91 Å². The van der Waals surface area contributed by atoms with Crippen LogP contribution in [0.4, 0.5) is 4.39 Å². The Morgan fingerprint density at radius 3 is 2.72 bits per heavy atom. The molecule has 2 aromatic carbocycles. The Bertz CT molecular complexity index is 1360. The van der Waals surface area contributed by atoms with E-state index in [0.717, 1.165) is 39.0 Å². The van der Waals surface area contributed by atoms with Gasteiger partial charge in [-0.25, -0.2) is 4.39 Å². The maximum absolute atomic E-state index is 14.2. The number of nitriles is 1. The van der Waals surface area contributed by atoms with E-state index < -0.39 is 11.7 Å². The van der Waals surface area contributed by atoms with E-state index in [1.807, 2.05) is 48.1 Å². The number of carbonyl (C=O) groups excluding carboxylic acids is 1. The fraction of sp³-hybridized carbons (Fsp3) is 0.208. The van der Waals surface area contributed by atoms with Gasteiger partial charge in [0.15, 0.2) is 0 Å². The average molecular weight is 430 g/mol. The highest BCUT2D eigenvalue weighted by molar-refractivity contribution is 5.85.